The normalized spacial score (nSPS) is 17.7. The van der Waals surface area contributed by atoms with Crippen molar-refractivity contribution in [2.24, 2.45) is 0 Å². The summed E-state index contributed by atoms with van der Waals surface area (Å²) in [7, 11) is 1.75. The number of nitrogens with one attached hydrogen (secondary N) is 1. The van der Waals surface area contributed by atoms with Crippen LogP contribution < -0.4 is 10.1 Å². The van der Waals surface area contributed by atoms with E-state index in [4.69, 9.17) is 4.74 Å². The first-order valence-corrected chi connectivity index (χ1v) is 7.76. The molecular weight excluding hydrogens is 258 g/mol. The Morgan fingerprint density at radius 2 is 1.90 bits per heavy atom. The molecule has 2 nitrogen and oxygen atoms in total. The number of ether oxygens (including phenoxy) is 1. The fourth-order valence-corrected chi connectivity index (χ4v) is 3.38. The smallest absolute Gasteiger partial charge is 0.122 e. The van der Waals surface area contributed by atoms with Gasteiger partial charge in [0.1, 0.15) is 5.75 Å². The lowest BCUT2D eigenvalue weighted by molar-refractivity contribution is 0.383. The summed E-state index contributed by atoms with van der Waals surface area (Å²) in [6, 6.07) is 17.6. The molecule has 0 bridgehead atoms. The van der Waals surface area contributed by atoms with Crippen molar-refractivity contribution in [3.8, 4) is 5.75 Å². The maximum absolute atomic E-state index is 5.50. The molecule has 0 aromatic heterocycles. The number of methoxy groups -OCH3 is 1. The summed E-state index contributed by atoms with van der Waals surface area (Å²) in [6.45, 7) is 3.18. The molecule has 0 amide bonds. The second-order valence-electron chi connectivity index (χ2n) is 5.69. The zero-order valence-corrected chi connectivity index (χ0v) is 12.8. The van der Waals surface area contributed by atoms with Crippen LogP contribution in [0.4, 0.5) is 0 Å². The Morgan fingerprint density at radius 1 is 1.14 bits per heavy atom. The van der Waals surface area contributed by atoms with Gasteiger partial charge >= 0.3 is 0 Å². The third kappa shape index (κ3) is 2.81. The molecule has 3 rings (SSSR count). The van der Waals surface area contributed by atoms with Crippen LogP contribution in [0.3, 0.4) is 0 Å². The van der Waals surface area contributed by atoms with Crippen molar-refractivity contribution in [1.29, 1.82) is 0 Å². The Morgan fingerprint density at radius 3 is 2.67 bits per heavy atom. The zero-order valence-electron chi connectivity index (χ0n) is 12.8. The van der Waals surface area contributed by atoms with Crippen LogP contribution in [0.15, 0.2) is 48.5 Å². The first-order valence-electron chi connectivity index (χ1n) is 7.76. The fraction of sp³-hybridized carbons (Fsp3) is 0.368. The summed E-state index contributed by atoms with van der Waals surface area (Å²) in [5.74, 6) is 1.61. The van der Waals surface area contributed by atoms with Gasteiger partial charge in [-0.1, -0.05) is 49.4 Å². The van der Waals surface area contributed by atoms with E-state index in [0.29, 0.717) is 12.0 Å². The average Bonchev–Trinajstić information content (AvgIpc) is 2.49. The molecular formula is C19H23NO. The highest BCUT2D eigenvalue weighted by Gasteiger charge is 2.32. The molecule has 0 saturated heterocycles. The average molecular weight is 281 g/mol. The SMILES string of the molecule is CCNC(Cc1ccccc1OC)C1Cc2ccccc21. The maximum atomic E-state index is 5.50. The van der Waals surface area contributed by atoms with Crippen molar-refractivity contribution in [1.82, 2.24) is 5.32 Å². The third-order valence-corrected chi connectivity index (χ3v) is 4.48. The van der Waals surface area contributed by atoms with E-state index >= 15 is 0 Å². The molecule has 0 fully saturated rings. The topological polar surface area (TPSA) is 21.3 Å². The largest absolute Gasteiger partial charge is 0.496 e. The van der Waals surface area contributed by atoms with Crippen LogP contribution in [0.5, 0.6) is 5.75 Å². The Kier molecular flexibility index (Phi) is 4.26. The van der Waals surface area contributed by atoms with Gasteiger partial charge in [-0.15, -0.1) is 0 Å². The standard InChI is InChI=1S/C19H23NO/c1-3-20-18(13-15-9-5-7-11-19(15)21-2)17-12-14-8-4-6-10-16(14)17/h4-11,17-18,20H,3,12-13H2,1-2H3. The molecule has 110 valence electrons. The minimum Gasteiger partial charge on any atom is -0.496 e. The molecule has 0 heterocycles. The quantitative estimate of drug-likeness (QED) is 0.874. The summed E-state index contributed by atoms with van der Waals surface area (Å²) >= 11 is 0. The molecule has 2 unspecified atom stereocenters. The van der Waals surface area contributed by atoms with Gasteiger partial charge in [-0.05, 0) is 42.1 Å². The van der Waals surface area contributed by atoms with Crippen LogP contribution in [0.1, 0.15) is 29.5 Å². The molecule has 1 aliphatic carbocycles. The van der Waals surface area contributed by atoms with Crippen molar-refractivity contribution in [3.05, 3.63) is 65.2 Å². The van der Waals surface area contributed by atoms with Gasteiger partial charge in [0.25, 0.3) is 0 Å². The highest BCUT2D eigenvalue weighted by molar-refractivity contribution is 5.42. The molecule has 1 aliphatic rings. The highest BCUT2D eigenvalue weighted by atomic mass is 16.5. The first-order chi connectivity index (χ1) is 10.3. The van der Waals surface area contributed by atoms with E-state index in [9.17, 15) is 0 Å². The van der Waals surface area contributed by atoms with Gasteiger partial charge < -0.3 is 10.1 Å². The molecule has 2 atom stereocenters. The van der Waals surface area contributed by atoms with Gasteiger partial charge in [0, 0.05) is 12.0 Å². The highest BCUT2D eigenvalue weighted by Crippen LogP contribution is 2.38. The summed E-state index contributed by atoms with van der Waals surface area (Å²) < 4.78 is 5.50. The van der Waals surface area contributed by atoms with Gasteiger partial charge in [0.2, 0.25) is 0 Å². The van der Waals surface area contributed by atoms with Crippen molar-refractivity contribution in [3.63, 3.8) is 0 Å². The molecule has 2 aromatic carbocycles. The lowest BCUT2D eigenvalue weighted by Crippen LogP contribution is -2.41. The van der Waals surface area contributed by atoms with E-state index in [-0.39, 0.29) is 0 Å². The van der Waals surface area contributed by atoms with E-state index in [0.717, 1.165) is 18.7 Å². The monoisotopic (exact) mass is 281 g/mol. The van der Waals surface area contributed by atoms with Gasteiger partial charge in [-0.3, -0.25) is 0 Å². The molecule has 0 aliphatic heterocycles. The summed E-state index contributed by atoms with van der Waals surface area (Å²) in [4.78, 5) is 0. The summed E-state index contributed by atoms with van der Waals surface area (Å²) in [5.41, 5.74) is 4.30. The summed E-state index contributed by atoms with van der Waals surface area (Å²) in [5, 5.41) is 3.67. The van der Waals surface area contributed by atoms with Gasteiger partial charge in [0.05, 0.1) is 7.11 Å². The number of hydrogen-bond acceptors (Lipinski definition) is 2. The minimum atomic E-state index is 0.473. The Balaban J connectivity index is 1.80. The number of fused-ring (bicyclic) bond motifs is 1. The molecule has 0 spiro atoms. The van der Waals surface area contributed by atoms with E-state index in [1.165, 1.54) is 23.1 Å². The molecule has 2 aromatic rings. The number of likely N-dealkylation sites (N-methyl/N-ethyl adjacent to an activating group) is 1. The Bertz CT molecular complexity index is 608. The Hall–Kier alpha value is -1.80. The third-order valence-electron chi connectivity index (χ3n) is 4.48. The Labute approximate surface area is 127 Å². The molecule has 21 heavy (non-hydrogen) atoms. The van der Waals surface area contributed by atoms with Crippen LogP contribution in [0.2, 0.25) is 0 Å². The van der Waals surface area contributed by atoms with Crippen molar-refractivity contribution in [2.45, 2.75) is 31.7 Å². The number of benzene rings is 2. The minimum absolute atomic E-state index is 0.473. The van der Waals surface area contributed by atoms with Crippen LogP contribution in [-0.2, 0) is 12.8 Å². The lowest BCUT2D eigenvalue weighted by Gasteiger charge is -2.37. The van der Waals surface area contributed by atoms with Gasteiger partial charge in [0.15, 0.2) is 0 Å². The van der Waals surface area contributed by atoms with Gasteiger partial charge in [-0.2, -0.15) is 0 Å². The lowest BCUT2D eigenvalue weighted by atomic mass is 9.72. The number of rotatable bonds is 6. The fourth-order valence-electron chi connectivity index (χ4n) is 3.38. The molecule has 2 heteroatoms. The van der Waals surface area contributed by atoms with E-state index < -0.39 is 0 Å². The maximum Gasteiger partial charge on any atom is 0.122 e. The van der Waals surface area contributed by atoms with Crippen LogP contribution in [0.25, 0.3) is 0 Å². The van der Waals surface area contributed by atoms with Crippen molar-refractivity contribution >= 4 is 0 Å². The zero-order chi connectivity index (χ0) is 14.7. The summed E-state index contributed by atoms with van der Waals surface area (Å²) in [6.07, 6.45) is 2.19. The van der Waals surface area contributed by atoms with Crippen LogP contribution >= 0.6 is 0 Å². The van der Waals surface area contributed by atoms with Gasteiger partial charge in [-0.25, -0.2) is 0 Å². The first kappa shape index (κ1) is 14.2. The van der Waals surface area contributed by atoms with Crippen molar-refractivity contribution in [2.75, 3.05) is 13.7 Å². The van der Waals surface area contributed by atoms with Crippen molar-refractivity contribution < 1.29 is 4.74 Å². The molecule has 0 radical (unpaired) electrons. The second-order valence-corrected chi connectivity index (χ2v) is 5.69. The van der Waals surface area contributed by atoms with Crippen LogP contribution in [-0.4, -0.2) is 19.7 Å². The number of hydrogen-bond donors (Lipinski definition) is 1. The van der Waals surface area contributed by atoms with E-state index in [1.807, 2.05) is 12.1 Å². The van der Waals surface area contributed by atoms with Crippen LogP contribution in [0, 0.1) is 0 Å². The predicted molar refractivity (Wildman–Crippen MR) is 87.0 cm³/mol. The number of para-hydroxylation sites is 1. The van der Waals surface area contributed by atoms with E-state index in [2.05, 4.69) is 48.6 Å². The van der Waals surface area contributed by atoms with E-state index in [1.54, 1.807) is 7.11 Å². The second kappa shape index (κ2) is 6.31. The molecule has 0 saturated carbocycles. The molecule has 1 N–H and O–H groups in total. The predicted octanol–water partition coefficient (Wildman–Crippen LogP) is 3.56.